The van der Waals surface area contributed by atoms with Gasteiger partial charge in [-0.3, -0.25) is 4.79 Å². The van der Waals surface area contributed by atoms with Crippen molar-refractivity contribution in [2.75, 3.05) is 12.8 Å². The smallest absolute Gasteiger partial charge is 0.366 e. The van der Waals surface area contributed by atoms with E-state index in [1.54, 1.807) is 0 Å². The summed E-state index contributed by atoms with van der Waals surface area (Å²) in [6, 6.07) is 2.12. The molecular formula is C18H23F4N3O5S2. The maximum absolute atomic E-state index is 15.5. The van der Waals surface area contributed by atoms with Crippen molar-refractivity contribution in [3.63, 3.8) is 0 Å². The first kappa shape index (κ1) is 24.9. The summed E-state index contributed by atoms with van der Waals surface area (Å²) in [7, 11) is -8.37. The van der Waals surface area contributed by atoms with Gasteiger partial charge in [-0.05, 0) is 30.9 Å². The van der Waals surface area contributed by atoms with Crippen LogP contribution in [-0.4, -0.2) is 64.3 Å². The van der Waals surface area contributed by atoms with Crippen LogP contribution in [0.15, 0.2) is 23.1 Å². The van der Waals surface area contributed by atoms with Crippen molar-refractivity contribution in [2.24, 2.45) is 5.73 Å². The van der Waals surface area contributed by atoms with Gasteiger partial charge < -0.3 is 5.73 Å². The van der Waals surface area contributed by atoms with Crippen LogP contribution in [0.25, 0.3) is 0 Å². The molecule has 3 rings (SSSR count). The molecule has 2 bridgehead atoms. The maximum Gasteiger partial charge on any atom is 0.390 e. The average molecular weight is 502 g/mol. The lowest BCUT2D eigenvalue weighted by atomic mass is 9.84. The fraction of sp³-hybridized carbons (Fsp3) is 0.611. The number of carbonyl (C=O) groups excluding carboxylic acids is 1. The maximum atomic E-state index is 15.5. The van der Waals surface area contributed by atoms with Crippen molar-refractivity contribution >= 4 is 26.0 Å². The number of hydrogen-bond donors (Lipinski definition) is 2. The molecule has 2 fully saturated rings. The van der Waals surface area contributed by atoms with E-state index in [-0.39, 0.29) is 18.4 Å². The number of piperidine rings is 1. The van der Waals surface area contributed by atoms with Crippen LogP contribution in [0.2, 0.25) is 0 Å². The summed E-state index contributed by atoms with van der Waals surface area (Å²) in [5, 5.41) is 0. The Morgan fingerprint density at radius 3 is 2.44 bits per heavy atom. The highest BCUT2D eigenvalue weighted by atomic mass is 32.2. The van der Waals surface area contributed by atoms with Gasteiger partial charge in [-0.15, -0.1) is 0 Å². The molecule has 3 N–H and O–H groups in total. The van der Waals surface area contributed by atoms with E-state index in [4.69, 9.17) is 5.73 Å². The van der Waals surface area contributed by atoms with Crippen molar-refractivity contribution in [2.45, 2.75) is 60.9 Å². The van der Waals surface area contributed by atoms with Gasteiger partial charge in [0.25, 0.3) is 0 Å². The lowest BCUT2D eigenvalue weighted by Gasteiger charge is -2.40. The minimum Gasteiger partial charge on any atom is -0.366 e. The highest BCUT2D eigenvalue weighted by Crippen LogP contribution is 2.47. The molecule has 1 amide bonds. The molecule has 2 saturated heterocycles. The number of sulfonamides is 2. The summed E-state index contributed by atoms with van der Waals surface area (Å²) in [5.74, 6) is -2.23. The third kappa shape index (κ3) is 4.92. The van der Waals surface area contributed by atoms with Gasteiger partial charge in [-0.2, -0.15) is 17.5 Å². The van der Waals surface area contributed by atoms with Gasteiger partial charge >= 0.3 is 6.18 Å². The number of benzene rings is 1. The zero-order valence-corrected chi connectivity index (χ0v) is 18.6. The predicted molar refractivity (Wildman–Crippen MR) is 107 cm³/mol. The molecule has 0 radical (unpaired) electrons. The first-order valence-electron chi connectivity index (χ1n) is 9.75. The van der Waals surface area contributed by atoms with Crippen LogP contribution >= 0.6 is 0 Å². The summed E-state index contributed by atoms with van der Waals surface area (Å²) < 4.78 is 106. The van der Waals surface area contributed by atoms with Gasteiger partial charge in [0.05, 0.1) is 29.2 Å². The Morgan fingerprint density at radius 2 is 1.88 bits per heavy atom. The molecule has 0 aliphatic carbocycles. The van der Waals surface area contributed by atoms with Gasteiger partial charge in [0.2, 0.25) is 26.0 Å². The van der Waals surface area contributed by atoms with E-state index in [9.17, 15) is 34.8 Å². The molecule has 14 heteroatoms. The number of alkyl halides is 4. The molecule has 180 valence electrons. The van der Waals surface area contributed by atoms with E-state index < -0.39 is 79.7 Å². The Balaban J connectivity index is 2.03. The SMILES string of the molecule is CS(=O)(=O)N1C2CCC1C(F)C(c1cccc(C(N)=O)c1S(=O)(=O)NCCC(F)(F)F)C2. The molecule has 4 unspecified atom stereocenters. The molecule has 2 aliphatic heterocycles. The van der Waals surface area contributed by atoms with Gasteiger partial charge in [0, 0.05) is 18.5 Å². The fourth-order valence-electron chi connectivity index (χ4n) is 4.66. The van der Waals surface area contributed by atoms with E-state index in [1.807, 2.05) is 4.72 Å². The van der Waals surface area contributed by atoms with Gasteiger partial charge in [0.15, 0.2) is 0 Å². The highest BCUT2D eigenvalue weighted by molar-refractivity contribution is 7.89. The molecule has 2 aliphatic rings. The Kier molecular flexibility index (Phi) is 6.63. The van der Waals surface area contributed by atoms with E-state index in [0.29, 0.717) is 6.42 Å². The molecule has 0 spiro atoms. The lowest BCUT2D eigenvalue weighted by molar-refractivity contribution is -0.132. The van der Waals surface area contributed by atoms with Crippen molar-refractivity contribution in [1.29, 1.82) is 0 Å². The quantitative estimate of drug-likeness (QED) is 0.549. The highest BCUT2D eigenvalue weighted by Gasteiger charge is 2.52. The van der Waals surface area contributed by atoms with Crippen LogP contribution < -0.4 is 10.5 Å². The third-order valence-electron chi connectivity index (χ3n) is 5.82. The van der Waals surface area contributed by atoms with Crippen LogP contribution in [0.4, 0.5) is 17.6 Å². The number of rotatable bonds is 7. The fourth-order valence-corrected chi connectivity index (χ4v) is 7.61. The molecular weight excluding hydrogens is 478 g/mol. The summed E-state index contributed by atoms with van der Waals surface area (Å²) in [6.45, 7) is -0.977. The minimum absolute atomic E-state index is 0.0436. The normalized spacial score (nSPS) is 26.9. The molecule has 0 aromatic heterocycles. The summed E-state index contributed by atoms with van der Waals surface area (Å²) in [4.78, 5) is 11.2. The van der Waals surface area contributed by atoms with Crippen molar-refractivity contribution in [1.82, 2.24) is 9.03 Å². The zero-order chi connectivity index (χ0) is 24.1. The van der Waals surface area contributed by atoms with E-state index in [2.05, 4.69) is 0 Å². The number of carbonyl (C=O) groups is 1. The van der Waals surface area contributed by atoms with E-state index in [1.165, 1.54) is 12.1 Å². The molecule has 2 heterocycles. The number of hydrogen-bond acceptors (Lipinski definition) is 5. The Labute approximate surface area is 183 Å². The van der Waals surface area contributed by atoms with E-state index in [0.717, 1.165) is 16.6 Å². The van der Waals surface area contributed by atoms with Crippen LogP contribution in [0.1, 0.15) is 47.5 Å². The second-order valence-corrected chi connectivity index (χ2v) is 11.6. The van der Waals surface area contributed by atoms with Crippen molar-refractivity contribution in [3.05, 3.63) is 29.3 Å². The standard InChI is InChI=1S/C18H23F4N3O5S2/c1-31(27,28)25-10-5-6-14(25)15(19)13(9-10)11-3-2-4-12(17(23)26)16(11)32(29,30)24-8-7-18(20,21)22/h2-4,10,13-15,24H,5-9H2,1H3,(H2,23,26). The first-order chi connectivity index (χ1) is 14.6. The molecule has 8 nitrogen and oxygen atoms in total. The monoisotopic (exact) mass is 501 g/mol. The average Bonchev–Trinajstić information content (AvgIpc) is 3.01. The summed E-state index contributed by atoms with van der Waals surface area (Å²) >= 11 is 0. The molecule has 4 atom stereocenters. The van der Waals surface area contributed by atoms with Crippen LogP contribution in [-0.2, 0) is 20.0 Å². The van der Waals surface area contributed by atoms with Crippen molar-refractivity contribution in [3.8, 4) is 0 Å². The molecule has 0 saturated carbocycles. The molecule has 1 aromatic carbocycles. The number of nitrogens with zero attached hydrogens (tertiary/aromatic N) is 1. The van der Waals surface area contributed by atoms with E-state index >= 15 is 4.39 Å². The predicted octanol–water partition coefficient (Wildman–Crippen LogP) is 1.63. The lowest BCUT2D eigenvalue weighted by Crippen LogP contribution is -2.51. The first-order valence-corrected chi connectivity index (χ1v) is 13.1. The Hall–Kier alpha value is -1.77. The largest absolute Gasteiger partial charge is 0.390 e. The number of nitrogens with two attached hydrogens (primary N) is 1. The number of primary amides is 1. The van der Waals surface area contributed by atoms with Gasteiger partial charge in [-0.25, -0.2) is 25.9 Å². The van der Waals surface area contributed by atoms with Crippen LogP contribution in [0.5, 0.6) is 0 Å². The second kappa shape index (κ2) is 8.54. The third-order valence-corrected chi connectivity index (χ3v) is 8.74. The van der Waals surface area contributed by atoms with Crippen LogP contribution in [0.3, 0.4) is 0 Å². The summed E-state index contributed by atoms with van der Waals surface area (Å²) in [5.41, 5.74) is 4.70. The Bertz CT molecular complexity index is 1110. The molecule has 32 heavy (non-hydrogen) atoms. The number of fused-ring (bicyclic) bond motifs is 2. The van der Waals surface area contributed by atoms with Crippen LogP contribution in [0, 0.1) is 0 Å². The van der Waals surface area contributed by atoms with Gasteiger partial charge in [-0.1, -0.05) is 12.1 Å². The number of nitrogens with one attached hydrogen (secondary N) is 1. The van der Waals surface area contributed by atoms with Crippen molar-refractivity contribution < 1.29 is 39.2 Å². The van der Waals surface area contributed by atoms with Gasteiger partial charge in [0.1, 0.15) is 6.17 Å². The zero-order valence-electron chi connectivity index (χ0n) is 17.0. The minimum atomic E-state index is -4.67. The topological polar surface area (TPSA) is 127 Å². The number of halogens is 4. The second-order valence-electron chi connectivity index (χ2n) is 8.03. The molecule has 1 aromatic rings. The number of amides is 1. The summed E-state index contributed by atoms with van der Waals surface area (Å²) in [6.07, 6.45) is -6.28. The Morgan fingerprint density at radius 1 is 1.22 bits per heavy atom.